The van der Waals surface area contributed by atoms with Gasteiger partial charge >= 0.3 is 0 Å². The van der Waals surface area contributed by atoms with E-state index < -0.39 is 30.1 Å². The van der Waals surface area contributed by atoms with E-state index >= 15 is 0 Å². The van der Waals surface area contributed by atoms with Crippen molar-refractivity contribution in [3.05, 3.63) is 29.3 Å². The van der Waals surface area contributed by atoms with Crippen LogP contribution in [0.4, 0.5) is 4.39 Å². The van der Waals surface area contributed by atoms with Gasteiger partial charge in [-0.15, -0.1) is 11.3 Å². The fourth-order valence-corrected chi connectivity index (χ4v) is 4.09. The summed E-state index contributed by atoms with van der Waals surface area (Å²) in [5.74, 6) is -1.22. The maximum Gasteiger partial charge on any atom is 0.261 e. The minimum Gasteiger partial charge on any atom is -0.365 e. The SMILES string of the molecule is O=C(NCC(=O)N1C[C@H](F)[C@H]2OCC(=O)[C@H]21)c1ccc(-c2ccn[nH]2)s1. The molecule has 0 spiro atoms. The van der Waals surface area contributed by atoms with Gasteiger partial charge in [0.25, 0.3) is 5.91 Å². The number of nitrogens with one attached hydrogen (secondary N) is 2. The van der Waals surface area contributed by atoms with E-state index in [4.69, 9.17) is 4.74 Å². The predicted molar refractivity (Wildman–Crippen MR) is 89.4 cm³/mol. The minimum absolute atomic E-state index is 0.183. The van der Waals surface area contributed by atoms with Crippen LogP contribution in [-0.2, 0) is 14.3 Å². The summed E-state index contributed by atoms with van der Waals surface area (Å²) in [6.07, 6.45) is -0.667. The Morgan fingerprint density at radius 1 is 1.42 bits per heavy atom. The minimum atomic E-state index is -1.39. The summed E-state index contributed by atoms with van der Waals surface area (Å²) in [6, 6.07) is 4.33. The number of aromatic nitrogens is 2. The number of carbonyl (C=O) groups excluding carboxylic acids is 3. The van der Waals surface area contributed by atoms with E-state index in [-0.39, 0.29) is 25.5 Å². The van der Waals surface area contributed by atoms with Crippen molar-refractivity contribution in [2.45, 2.75) is 18.3 Å². The first-order valence-corrected chi connectivity index (χ1v) is 8.82. The lowest BCUT2D eigenvalue weighted by Gasteiger charge is -2.21. The van der Waals surface area contributed by atoms with Gasteiger partial charge in [0.2, 0.25) is 5.91 Å². The number of likely N-dealkylation sites (tertiary alicyclic amines) is 1. The number of ketones is 1. The van der Waals surface area contributed by atoms with Crippen LogP contribution in [0.2, 0.25) is 0 Å². The molecule has 26 heavy (non-hydrogen) atoms. The highest BCUT2D eigenvalue weighted by molar-refractivity contribution is 7.17. The van der Waals surface area contributed by atoms with Gasteiger partial charge in [0.15, 0.2) is 5.78 Å². The molecule has 2 N–H and O–H groups in total. The van der Waals surface area contributed by atoms with Crippen LogP contribution in [0, 0.1) is 0 Å². The molecule has 0 bridgehead atoms. The molecule has 2 aliphatic rings. The second kappa shape index (κ2) is 6.61. The van der Waals surface area contributed by atoms with Crippen molar-refractivity contribution < 1.29 is 23.5 Å². The quantitative estimate of drug-likeness (QED) is 0.801. The highest BCUT2D eigenvalue weighted by Crippen LogP contribution is 2.29. The summed E-state index contributed by atoms with van der Waals surface area (Å²) in [5, 5.41) is 9.19. The zero-order chi connectivity index (χ0) is 18.3. The molecule has 2 aliphatic heterocycles. The van der Waals surface area contributed by atoms with E-state index in [0.717, 1.165) is 15.5 Å². The summed E-state index contributed by atoms with van der Waals surface area (Å²) in [5.41, 5.74) is 0.793. The van der Waals surface area contributed by atoms with E-state index in [1.165, 1.54) is 11.3 Å². The first kappa shape index (κ1) is 16.9. The number of aromatic amines is 1. The maximum atomic E-state index is 13.9. The normalized spacial score (nSPS) is 24.7. The van der Waals surface area contributed by atoms with E-state index in [1.54, 1.807) is 24.4 Å². The molecule has 0 radical (unpaired) electrons. The molecule has 3 atom stereocenters. The molecule has 2 saturated heterocycles. The third kappa shape index (κ3) is 2.90. The van der Waals surface area contributed by atoms with Gasteiger partial charge in [-0.3, -0.25) is 19.5 Å². The molecule has 0 unspecified atom stereocenters. The Morgan fingerprint density at radius 2 is 2.27 bits per heavy atom. The number of hydrogen-bond donors (Lipinski definition) is 2. The number of amides is 2. The van der Waals surface area contributed by atoms with E-state index in [9.17, 15) is 18.8 Å². The largest absolute Gasteiger partial charge is 0.365 e. The molecule has 4 rings (SSSR count). The lowest BCUT2D eigenvalue weighted by molar-refractivity contribution is -0.135. The molecule has 2 aromatic heterocycles. The number of H-pyrrole nitrogens is 1. The summed E-state index contributed by atoms with van der Waals surface area (Å²) in [7, 11) is 0. The number of carbonyl (C=O) groups is 3. The van der Waals surface area contributed by atoms with E-state index in [2.05, 4.69) is 15.5 Å². The molecule has 0 aromatic carbocycles. The highest BCUT2D eigenvalue weighted by atomic mass is 32.1. The molecular formula is C16H15FN4O4S. The van der Waals surface area contributed by atoms with Crippen LogP contribution in [0.25, 0.3) is 10.6 Å². The van der Waals surface area contributed by atoms with Gasteiger partial charge in [0, 0.05) is 6.20 Å². The smallest absolute Gasteiger partial charge is 0.261 e. The molecule has 2 aromatic rings. The Morgan fingerprint density at radius 3 is 3.04 bits per heavy atom. The maximum absolute atomic E-state index is 13.9. The van der Waals surface area contributed by atoms with E-state index in [0.29, 0.717) is 4.88 Å². The molecule has 2 amide bonds. The van der Waals surface area contributed by atoms with Crippen molar-refractivity contribution in [1.29, 1.82) is 0 Å². The van der Waals surface area contributed by atoms with Crippen LogP contribution >= 0.6 is 11.3 Å². The summed E-state index contributed by atoms with van der Waals surface area (Å²) in [6.45, 7) is -0.685. The molecule has 8 nitrogen and oxygen atoms in total. The number of hydrogen-bond acceptors (Lipinski definition) is 6. The summed E-state index contributed by atoms with van der Waals surface area (Å²) < 4.78 is 19.0. The second-order valence-corrected chi connectivity index (χ2v) is 7.15. The Labute approximate surface area is 151 Å². The van der Waals surface area contributed by atoms with Gasteiger partial charge in [-0.05, 0) is 18.2 Å². The zero-order valence-corrected chi connectivity index (χ0v) is 14.3. The van der Waals surface area contributed by atoms with Gasteiger partial charge in [-0.25, -0.2) is 4.39 Å². The van der Waals surface area contributed by atoms with Gasteiger partial charge in [-0.1, -0.05) is 0 Å². The van der Waals surface area contributed by atoms with Gasteiger partial charge in [0.05, 0.1) is 28.5 Å². The summed E-state index contributed by atoms with van der Waals surface area (Å²) >= 11 is 1.26. The molecule has 136 valence electrons. The summed E-state index contributed by atoms with van der Waals surface area (Å²) in [4.78, 5) is 38.8. The molecule has 0 saturated carbocycles. The standard InChI is InChI=1S/C16H15FN4O4S/c17-8-6-21(14-10(22)7-25-15(8)14)13(23)5-18-16(24)12-2-1-11(26-12)9-3-4-19-20-9/h1-4,8,14-15H,5-7H2,(H,18,24)(H,19,20)/t8-,14+,15+/m0/s1. The topological polar surface area (TPSA) is 104 Å². The van der Waals surface area contributed by atoms with E-state index in [1.807, 2.05) is 0 Å². The van der Waals surface area contributed by atoms with Gasteiger partial charge in [-0.2, -0.15) is 5.10 Å². The highest BCUT2D eigenvalue weighted by Gasteiger charge is 2.52. The van der Waals surface area contributed by atoms with Crippen molar-refractivity contribution in [1.82, 2.24) is 20.4 Å². The first-order valence-electron chi connectivity index (χ1n) is 8.00. The van der Waals surface area contributed by atoms with Crippen LogP contribution in [0.15, 0.2) is 24.4 Å². The second-order valence-electron chi connectivity index (χ2n) is 6.07. The van der Waals surface area contributed by atoms with Gasteiger partial charge in [0.1, 0.15) is 24.9 Å². The van der Waals surface area contributed by atoms with Crippen LogP contribution in [0.1, 0.15) is 9.67 Å². The average molecular weight is 378 g/mol. The molecule has 10 heteroatoms. The number of alkyl halides is 1. The first-order chi connectivity index (χ1) is 12.5. The fraction of sp³-hybridized carbons (Fsp3) is 0.375. The number of thiophene rings is 1. The lowest BCUT2D eigenvalue weighted by atomic mass is 10.1. The molecule has 4 heterocycles. The number of fused-ring (bicyclic) bond motifs is 1. The lowest BCUT2D eigenvalue weighted by Crippen LogP contribution is -2.46. The molecular weight excluding hydrogens is 363 g/mol. The zero-order valence-electron chi connectivity index (χ0n) is 13.5. The van der Waals surface area contributed by atoms with Crippen molar-refractivity contribution in [2.24, 2.45) is 0 Å². The average Bonchev–Trinajstić information content (AvgIpc) is 3.39. The Hall–Kier alpha value is -2.59. The van der Waals surface area contributed by atoms with Gasteiger partial charge < -0.3 is 15.0 Å². The Bertz CT molecular complexity index is 852. The van der Waals surface area contributed by atoms with Crippen LogP contribution < -0.4 is 5.32 Å². The van der Waals surface area contributed by atoms with Crippen molar-refractivity contribution in [3.63, 3.8) is 0 Å². The number of ether oxygens (including phenoxy) is 1. The third-order valence-corrected chi connectivity index (χ3v) is 5.56. The van der Waals surface area contributed by atoms with Crippen molar-refractivity contribution >= 4 is 28.9 Å². The number of halogens is 1. The molecule has 2 fully saturated rings. The monoisotopic (exact) mass is 378 g/mol. The Kier molecular flexibility index (Phi) is 4.29. The number of nitrogens with zero attached hydrogens (tertiary/aromatic N) is 2. The molecule has 0 aliphatic carbocycles. The number of Topliss-reactive ketones (excluding diaryl/α,β-unsaturated/α-hetero) is 1. The fourth-order valence-electron chi connectivity index (χ4n) is 3.20. The van der Waals surface area contributed by atoms with Crippen LogP contribution in [-0.4, -0.2) is 70.7 Å². The predicted octanol–water partition coefficient (Wildman–Crippen LogP) is 0.385. The van der Waals surface area contributed by atoms with Crippen molar-refractivity contribution in [3.8, 4) is 10.6 Å². The Balaban J connectivity index is 1.37. The van der Waals surface area contributed by atoms with Crippen LogP contribution in [0.3, 0.4) is 0 Å². The van der Waals surface area contributed by atoms with Crippen LogP contribution in [0.5, 0.6) is 0 Å². The number of rotatable bonds is 4. The van der Waals surface area contributed by atoms with Crippen molar-refractivity contribution in [2.75, 3.05) is 19.7 Å². The third-order valence-electron chi connectivity index (χ3n) is 4.44.